The Morgan fingerprint density at radius 2 is 1.92 bits per heavy atom. The molecule has 5 heteroatoms. The van der Waals surface area contributed by atoms with E-state index in [9.17, 15) is 0 Å². The summed E-state index contributed by atoms with van der Waals surface area (Å²) in [7, 11) is 5.55. The predicted molar refractivity (Wildman–Crippen MR) is 102 cm³/mol. The van der Waals surface area contributed by atoms with E-state index in [0.717, 1.165) is 34.8 Å². The van der Waals surface area contributed by atoms with Crippen molar-refractivity contribution >= 4 is 28.8 Å². The molecule has 0 aliphatic rings. The Morgan fingerprint density at radius 3 is 2.54 bits per heavy atom. The van der Waals surface area contributed by atoms with Gasteiger partial charge < -0.3 is 14.5 Å². The highest BCUT2D eigenvalue weighted by atomic mass is 35.5. The number of nitrogens with zero attached hydrogens (tertiary/aromatic N) is 2. The molecule has 2 aromatic rings. The molecular weight excluding hydrogens is 322 g/mol. The molecule has 0 fully saturated rings. The number of hydrogen-bond donors (Lipinski definition) is 1. The largest absolute Gasteiger partial charge is 0.497 e. The molecule has 128 valence electrons. The van der Waals surface area contributed by atoms with Gasteiger partial charge in [-0.15, -0.1) is 0 Å². The Kier molecular flexibility index (Phi) is 5.73. The molecule has 0 radical (unpaired) electrons. The minimum absolute atomic E-state index is 0.432. The van der Waals surface area contributed by atoms with Crippen LogP contribution in [-0.2, 0) is 0 Å². The lowest BCUT2D eigenvalue weighted by atomic mass is 10.1. The van der Waals surface area contributed by atoms with Crippen molar-refractivity contribution in [3.63, 3.8) is 0 Å². The van der Waals surface area contributed by atoms with Crippen LogP contribution in [0.25, 0.3) is 0 Å². The molecule has 0 heterocycles. The van der Waals surface area contributed by atoms with Crippen LogP contribution >= 0.6 is 11.6 Å². The summed E-state index contributed by atoms with van der Waals surface area (Å²) in [4.78, 5) is 3.94. The van der Waals surface area contributed by atoms with E-state index in [2.05, 4.69) is 4.90 Å². The molecule has 0 amide bonds. The Labute approximate surface area is 149 Å². The molecular formula is C19H24ClN3O. The van der Waals surface area contributed by atoms with Gasteiger partial charge >= 0.3 is 0 Å². The number of benzene rings is 2. The average Bonchev–Trinajstić information content (AvgIpc) is 2.61. The van der Waals surface area contributed by atoms with E-state index in [4.69, 9.17) is 21.7 Å². The second-order valence-corrected chi connectivity index (χ2v) is 6.15. The lowest BCUT2D eigenvalue weighted by molar-refractivity contribution is 0.415. The Bertz CT molecular complexity index is 745. The average molecular weight is 346 g/mol. The van der Waals surface area contributed by atoms with Crippen molar-refractivity contribution in [3.8, 4) is 5.75 Å². The molecule has 0 atom stereocenters. The highest BCUT2D eigenvalue weighted by molar-refractivity contribution is 6.34. The van der Waals surface area contributed by atoms with E-state index in [1.807, 2.05) is 69.2 Å². The fraction of sp³-hybridized carbons (Fsp3) is 0.316. The van der Waals surface area contributed by atoms with Gasteiger partial charge in [-0.25, -0.2) is 0 Å². The van der Waals surface area contributed by atoms with Crippen LogP contribution in [0.1, 0.15) is 18.1 Å². The van der Waals surface area contributed by atoms with Gasteiger partial charge in [0.05, 0.1) is 12.1 Å². The molecule has 0 saturated carbocycles. The van der Waals surface area contributed by atoms with Gasteiger partial charge in [0.2, 0.25) is 0 Å². The van der Waals surface area contributed by atoms with E-state index < -0.39 is 0 Å². The predicted octanol–water partition coefficient (Wildman–Crippen LogP) is 4.70. The molecule has 0 saturated heterocycles. The highest BCUT2D eigenvalue weighted by Gasteiger charge is 2.15. The van der Waals surface area contributed by atoms with E-state index in [0.29, 0.717) is 10.9 Å². The van der Waals surface area contributed by atoms with Crippen molar-refractivity contribution in [1.82, 2.24) is 4.90 Å². The second kappa shape index (κ2) is 7.58. The summed E-state index contributed by atoms with van der Waals surface area (Å²) in [6.45, 7) is 4.81. The van der Waals surface area contributed by atoms with E-state index in [-0.39, 0.29) is 0 Å². The monoisotopic (exact) mass is 345 g/mol. The van der Waals surface area contributed by atoms with Gasteiger partial charge in [0.15, 0.2) is 0 Å². The van der Waals surface area contributed by atoms with Crippen LogP contribution in [0.3, 0.4) is 0 Å². The van der Waals surface area contributed by atoms with Crippen molar-refractivity contribution in [2.75, 3.05) is 32.6 Å². The maximum absolute atomic E-state index is 8.28. The third-order valence-corrected chi connectivity index (χ3v) is 4.51. The number of nitrogens with one attached hydrogen (secondary N) is 1. The number of halogens is 1. The summed E-state index contributed by atoms with van der Waals surface area (Å²) in [6, 6.07) is 11.8. The Morgan fingerprint density at radius 1 is 1.21 bits per heavy atom. The number of ether oxygens (including phenoxy) is 1. The molecule has 4 nitrogen and oxygen atoms in total. The number of amidine groups is 1. The summed E-state index contributed by atoms with van der Waals surface area (Å²) in [5, 5.41) is 8.86. The van der Waals surface area contributed by atoms with Gasteiger partial charge in [0.25, 0.3) is 0 Å². The van der Waals surface area contributed by atoms with E-state index >= 15 is 0 Å². The maximum atomic E-state index is 8.28. The minimum atomic E-state index is 0.432. The van der Waals surface area contributed by atoms with Crippen molar-refractivity contribution in [1.29, 1.82) is 5.41 Å². The molecule has 0 aliphatic heterocycles. The summed E-state index contributed by atoms with van der Waals surface area (Å²) in [5.41, 5.74) is 3.83. The second-order valence-electron chi connectivity index (χ2n) is 5.74. The molecule has 2 aromatic carbocycles. The van der Waals surface area contributed by atoms with Crippen LogP contribution in [-0.4, -0.2) is 38.5 Å². The van der Waals surface area contributed by atoms with E-state index in [1.165, 1.54) is 0 Å². The van der Waals surface area contributed by atoms with Crippen molar-refractivity contribution in [2.24, 2.45) is 0 Å². The van der Waals surface area contributed by atoms with Crippen LogP contribution in [0.5, 0.6) is 5.75 Å². The zero-order valence-corrected chi connectivity index (χ0v) is 15.6. The van der Waals surface area contributed by atoms with Crippen LogP contribution in [0.4, 0.5) is 11.4 Å². The molecule has 0 bridgehead atoms. The van der Waals surface area contributed by atoms with Crippen LogP contribution < -0.4 is 9.64 Å². The molecule has 24 heavy (non-hydrogen) atoms. The van der Waals surface area contributed by atoms with Crippen molar-refractivity contribution in [2.45, 2.75) is 13.8 Å². The first kappa shape index (κ1) is 18.1. The van der Waals surface area contributed by atoms with Crippen LogP contribution in [0, 0.1) is 12.3 Å². The van der Waals surface area contributed by atoms with E-state index in [1.54, 1.807) is 7.11 Å². The molecule has 2 rings (SSSR count). The maximum Gasteiger partial charge on any atom is 0.129 e. The van der Waals surface area contributed by atoms with Crippen LogP contribution in [0.15, 0.2) is 36.4 Å². The first-order valence-corrected chi connectivity index (χ1v) is 8.24. The summed E-state index contributed by atoms with van der Waals surface area (Å²) in [6.07, 6.45) is 0. The Hall–Kier alpha value is -2.20. The van der Waals surface area contributed by atoms with Gasteiger partial charge in [-0.05, 0) is 43.7 Å². The first-order chi connectivity index (χ1) is 11.4. The van der Waals surface area contributed by atoms with Gasteiger partial charge in [-0.2, -0.15) is 0 Å². The fourth-order valence-electron chi connectivity index (χ4n) is 2.54. The highest BCUT2D eigenvalue weighted by Crippen LogP contribution is 2.33. The zero-order chi connectivity index (χ0) is 17.9. The normalized spacial score (nSPS) is 10.4. The van der Waals surface area contributed by atoms with Crippen molar-refractivity contribution in [3.05, 3.63) is 52.5 Å². The minimum Gasteiger partial charge on any atom is -0.497 e. The third-order valence-electron chi connectivity index (χ3n) is 4.20. The lowest BCUT2D eigenvalue weighted by Gasteiger charge is -2.25. The number of anilines is 2. The van der Waals surface area contributed by atoms with Crippen LogP contribution in [0.2, 0.25) is 5.02 Å². The number of aryl methyl sites for hydroxylation is 1. The summed E-state index contributed by atoms with van der Waals surface area (Å²) in [5.74, 6) is 1.24. The first-order valence-electron chi connectivity index (χ1n) is 7.87. The lowest BCUT2D eigenvalue weighted by Crippen LogP contribution is -2.26. The number of rotatable bonds is 5. The molecule has 1 N–H and O–H groups in total. The van der Waals surface area contributed by atoms with Gasteiger partial charge in [-0.3, -0.25) is 5.41 Å². The van der Waals surface area contributed by atoms with Crippen molar-refractivity contribution < 1.29 is 4.74 Å². The quantitative estimate of drug-likeness (QED) is 0.630. The van der Waals surface area contributed by atoms with Gasteiger partial charge in [0.1, 0.15) is 11.6 Å². The number of hydrogen-bond acceptors (Lipinski definition) is 3. The molecule has 0 spiro atoms. The summed E-state index contributed by atoms with van der Waals surface area (Å²) < 4.78 is 5.30. The fourth-order valence-corrected chi connectivity index (χ4v) is 2.78. The van der Waals surface area contributed by atoms with Gasteiger partial charge in [-0.1, -0.05) is 17.7 Å². The third kappa shape index (κ3) is 3.65. The molecule has 0 aliphatic carbocycles. The Balaban J connectivity index is 2.41. The number of methoxy groups -OCH3 is 1. The smallest absolute Gasteiger partial charge is 0.129 e. The van der Waals surface area contributed by atoms with Gasteiger partial charge in [0, 0.05) is 43.6 Å². The summed E-state index contributed by atoms with van der Waals surface area (Å²) >= 11 is 6.47. The molecule has 0 aromatic heterocycles. The SMILES string of the molecule is CCN(C)C(=N)c1cc(C)c(N(C)c2cccc(OC)c2)cc1Cl. The molecule has 0 unspecified atom stereocenters. The standard InChI is InChI=1S/C19H24ClN3O/c1-6-22(3)19(21)16-10-13(2)18(12-17(16)20)23(4)14-8-7-9-15(11-14)24-5/h7-12,21H,6H2,1-5H3. The topological polar surface area (TPSA) is 39.6 Å². The zero-order valence-electron chi connectivity index (χ0n) is 14.9.